The fourth-order valence-corrected chi connectivity index (χ4v) is 3.49. The van der Waals surface area contributed by atoms with E-state index in [9.17, 15) is 39.6 Å². The average molecular weight is 504 g/mol. The highest BCUT2D eigenvalue weighted by molar-refractivity contribution is 5.90. The normalized spacial score (nSPS) is 10.9. The molecule has 0 saturated heterocycles. The van der Waals surface area contributed by atoms with E-state index in [2.05, 4.69) is 9.47 Å². The summed E-state index contributed by atoms with van der Waals surface area (Å²) in [6, 6.07) is 8.12. The van der Waals surface area contributed by atoms with Crippen LogP contribution in [0.1, 0.15) is 31.8 Å². The summed E-state index contributed by atoms with van der Waals surface area (Å²) in [5, 5.41) is 39.1. The Bertz CT molecular complexity index is 1030. The van der Waals surface area contributed by atoms with Crippen LogP contribution in [0.3, 0.4) is 0 Å². The largest absolute Gasteiger partial charge is 0.508 e. The van der Waals surface area contributed by atoms with Gasteiger partial charge in [-0.25, -0.2) is 9.59 Å². The Morgan fingerprint density at radius 2 is 1.06 bits per heavy atom. The lowest BCUT2D eigenvalue weighted by atomic mass is 10.1. The van der Waals surface area contributed by atoms with Crippen molar-refractivity contribution in [3.05, 3.63) is 58.7 Å². The van der Waals surface area contributed by atoms with E-state index in [-0.39, 0.29) is 59.9 Å². The van der Waals surface area contributed by atoms with E-state index in [0.717, 1.165) is 0 Å². The number of carbonyl (C=O) groups is 4. The van der Waals surface area contributed by atoms with Gasteiger partial charge in [0.1, 0.15) is 11.5 Å². The van der Waals surface area contributed by atoms with Gasteiger partial charge in [-0.1, -0.05) is 0 Å². The van der Waals surface area contributed by atoms with Crippen LogP contribution in [0.5, 0.6) is 11.5 Å². The van der Waals surface area contributed by atoms with Gasteiger partial charge in [0.15, 0.2) is 0 Å². The maximum absolute atomic E-state index is 11.8. The maximum atomic E-state index is 11.8. The number of benzene rings is 2. The molecule has 0 bridgehead atoms. The summed E-state index contributed by atoms with van der Waals surface area (Å²) in [5.74, 6) is -3.83. The monoisotopic (exact) mass is 504 g/mol. The van der Waals surface area contributed by atoms with Crippen molar-refractivity contribution in [3.63, 3.8) is 0 Å². The van der Waals surface area contributed by atoms with Gasteiger partial charge in [0.05, 0.1) is 38.4 Å². The Labute approximate surface area is 206 Å². The molecule has 0 atom stereocenters. The maximum Gasteiger partial charge on any atom is 0.337 e. The summed E-state index contributed by atoms with van der Waals surface area (Å²) >= 11 is 0. The van der Waals surface area contributed by atoms with Crippen LogP contribution >= 0.6 is 0 Å². The highest BCUT2D eigenvalue weighted by Gasteiger charge is 2.19. The van der Waals surface area contributed by atoms with E-state index < -0.39 is 37.0 Å². The van der Waals surface area contributed by atoms with E-state index in [1.165, 1.54) is 60.4 Å². The molecule has 0 aliphatic carbocycles. The highest BCUT2D eigenvalue weighted by atomic mass is 16.5. The van der Waals surface area contributed by atoms with Crippen molar-refractivity contribution < 1.29 is 49.1 Å². The minimum absolute atomic E-state index is 0.0487. The number of aliphatic carboxylic acids is 2. The molecule has 0 aliphatic heterocycles. The molecular weight excluding hydrogens is 476 g/mol. The quantitative estimate of drug-likeness (QED) is 0.287. The number of carbonyl (C=O) groups excluding carboxylic acids is 2. The molecule has 2 rings (SSSR count). The molecule has 0 heterocycles. The number of methoxy groups -OCH3 is 2. The molecule has 0 fully saturated rings. The summed E-state index contributed by atoms with van der Waals surface area (Å²) in [7, 11) is 2.42. The van der Waals surface area contributed by atoms with E-state index in [1.54, 1.807) is 0 Å². The lowest BCUT2D eigenvalue weighted by Gasteiger charge is -2.26. The van der Waals surface area contributed by atoms with E-state index in [0.29, 0.717) is 0 Å². The molecule has 12 heteroatoms. The number of rotatable bonds is 13. The van der Waals surface area contributed by atoms with Crippen LogP contribution in [0.4, 0.5) is 0 Å². The van der Waals surface area contributed by atoms with Crippen LogP contribution in [0.25, 0.3) is 0 Å². The standard InChI is InChI=1S/C24H28N2O10/c1-35-23(33)15-3-5-19(27)17(9-15)11-25(13-21(29)30)7-8-26(14-22(31)32)12-18-10-16(24(34)36-2)4-6-20(18)28/h3-6,9-10,27-28H,7-8,11-14H2,1-2H3,(H,29,30)(H,31,32). The van der Waals surface area contributed by atoms with Crippen LogP contribution < -0.4 is 0 Å². The topological polar surface area (TPSA) is 174 Å². The van der Waals surface area contributed by atoms with E-state index in [4.69, 9.17) is 0 Å². The van der Waals surface area contributed by atoms with Gasteiger partial charge < -0.3 is 29.9 Å². The number of phenols is 2. The predicted molar refractivity (Wildman–Crippen MR) is 125 cm³/mol. The number of ether oxygens (including phenoxy) is 2. The Morgan fingerprint density at radius 3 is 1.36 bits per heavy atom. The second kappa shape index (κ2) is 13.1. The van der Waals surface area contributed by atoms with Gasteiger partial charge in [-0.2, -0.15) is 0 Å². The number of carboxylic acids is 2. The van der Waals surface area contributed by atoms with E-state index >= 15 is 0 Å². The molecule has 194 valence electrons. The van der Waals surface area contributed by atoms with Gasteiger partial charge in [-0.05, 0) is 36.4 Å². The number of carboxylic acid groups (broad SMARTS) is 2. The Balaban J connectivity index is 2.23. The van der Waals surface area contributed by atoms with Crippen molar-refractivity contribution in [2.24, 2.45) is 0 Å². The molecular formula is C24H28N2O10. The van der Waals surface area contributed by atoms with Gasteiger partial charge in [-0.3, -0.25) is 19.4 Å². The molecule has 0 aliphatic rings. The van der Waals surface area contributed by atoms with Crippen molar-refractivity contribution in [2.75, 3.05) is 40.4 Å². The summed E-state index contributed by atoms with van der Waals surface area (Å²) < 4.78 is 9.35. The highest BCUT2D eigenvalue weighted by Crippen LogP contribution is 2.23. The van der Waals surface area contributed by atoms with Crippen molar-refractivity contribution in [3.8, 4) is 11.5 Å². The first-order valence-corrected chi connectivity index (χ1v) is 10.7. The Kier molecular flexibility index (Phi) is 10.2. The zero-order valence-corrected chi connectivity index (χ0v) is 19.8. The fraction of sp³-hybridized carbons (Fsp3) is 0.333. The molecule has 0 aromatic heterocycles. The third-order valence-corrected chi connectivity index (χ3v) is 5.24. The van der Waals surface area contributed by atoms with Crippen molar-refractivity contribution >= 4 is 23.9 Å². The van der Waals surface area contributed by atoms with Gasteiger partial charge >= 0.3 is 23.9 Å². The number of phenolic OH excluding ortho intramolecular Hbond substituents is 2. The van der Waals surface area contributed by atoms with Crippen LogP contribution in [0.2, 0.25) is 0 Å². The minimum Gasteiger partial charge on any atom is -0.508 e. The van der Waals surface area contributed by atoms with Crippen molar-refractivity contribution in [1.82, 2.24) is 9.80 Å². The Hall–Kier alpha value is -4.16. The first-order valence-electron chi connectivity index (χ1n) is 10.7. The molecule has 0 spiro atoms. The van der Waals surface area contributed by atoms with Gasteiger partial charge in [0.25, 0.3) is 0 Å². The molecule has 36 heavy (non-hydrogen) atoms. The van der Waals surface area contributed by atoms with Crippen LogP contribution in [-0.2, 0) is 32.2 Å². The number of hydrogen-bond acceptors (Lipinski definition) is 10. The zero-order valence-electron chi connectivity index (χ0n) is 19.8. The number of aromatic hydroxyl groups is 2. The fourth-order valence-electron chi connectivity index (χ4n) is 3.49. The number of hydrogen-bond donors (Lipinski definition) is 4. The molecule has 2 aromatic rings. The molecule has 4 N–H and O–H groups in total. The number of nitrogens with zero attached hydrogens (tertiary/aromatic N) is 2. The van der Waals surface area contributed by atoms with Gasteiger partial charge in [-0.15, -0.1) is 0 Å². The second-order valence-electron chi connectivity index (χ2n) is 7.88. The zero-order chi connectivity index (χ0) is 26.8. The predicted octanol–water partition coefficient (Wildman–Crippen LogP) is 1.14. The average Bonchev–Trinajstić information content (AvgIpc) is 2.83. The summed E-state index contributed by atoms with van der Waals surface area (Å²) in [4.78, 5) is 49.4. The SMILES string of the molecule is COC(=O)c1ccc(O)c(CN(CCN(CC(=O)O)Cc2cc(C(=O)OC)ccc2O)CC(=O)O)c1. The third-order valence-electron chi connectivity index (χ3n) is 5.24. The second-order valence-corrected chi connectivity index (χ2v) is 7.88. The molecule has 0 radical (unpaired) electrons. The molecule has 2 aromatic carbocycles. The van der Waals surface area contributed by atoms with E-state index in [1.807, 2.05) is 0 Å². The van der Waals surface area contributed by atoms with Crippen LogP contribution in [0.15, 0.2) is 36.4 Å². The summed E-state index contributed by atoms with van der Waals surface area (Å²) in [6.45, 7) is -0.810. The van der Waals surface area contributed by atoms with Crippen molar-refractivity contribution in [1.29, 1.82) is 0 Å². The smallest absolute Gasteiger partial charge is 0.337 e. The first-order chi connectivity index (χ1) is 17.0. The third kappa shape index (κ3) is 8.25. The summed E-state index contributed by atoms with van der Waals surface area (Å²) in [6.07, 6.45) is 0. The van der Waals surface area contributed by atoms with Gasteiger partial charge in [0, 0.05) is 37.3 Å². The minimum atomic E-state index is -1.15. The van der Waals surface area contributed by atoms with Gasteiger partial charge in [0.2, 0.25) is 0 Å². The van der Waals surface area contributed by atoms with Crippen LogP contribution in [-0.4, -0.2) is 94.5 Å². The lowest BCUT2D eigenvalue weighted by Crippen LogP contribution is -2.39. The summed E-state index contributed by atoms with van der Waals surface area (Å²) in [5.41, 5.74) is 0.919. The molecule has 0 amide bonds. The first kappa shape index (κ1) is 28.1. The molecule has 0 saturated carbocycles. The Morgan fingerprint density at radius 1 is 0.694 bits per heavy atom. The van der Waals surface area contributed by atoms with Crippen LogP contribution in [0, 0.1) is 0 Å². The lowest BCUT2D eigenvalue weighted by molar-refractivity contribution is -0.140. The molecule has 0 unspecified atom stereocenters. The number of esters is 2. The molecule has 12 nitrogen and oxygen atoms in total. The van der Waals surface area contributed by atoms with Crippen molar-refractivity contribution in [2.45, 2.75) is 13.1 Å².